The van der Waals surface area contributed by atoms with E-state index in [4.69, 9.17) is 9.41 Å². The Morgan fingerprint density at radius 3 is 2.54 bits per heavy atom. The maximum absolute atomic E-state index is 13.1. The lowest BCUT2D eigenvalue weighted by atomic mass is 9.95. The molecule has 190 valence electrons. The molecule has 4 aromatic rings. The fourth-order valence-corrected chi connectivity index (χ4v) is 4.12. The summed E-state index contributed by atoms with van der Waals surface area (Å²) in [5, 5.41) is 12.6. The molecular weight excluding hydrogens is 466 g/mol. The first-order valence-electron chi connectivity index (χ1n) is 12.4. The number of carbonyl (C=O) groups excluding carboxylic acids is 1. The monoisotopic (exact) mass is 497 g/mol. The lowest BCUT2D eigenvalue weighted by Crippen LogP contribution is -2.42. The Bertz CT molecular complexity index is 1440. The van der Waals surface area contributed by atoms with Gasteiger partial charge in [0.2, 0.25) is 5.89 Å². The molecule has 7 heteroatoms. The summed E-state index contributed by atoms with van der Waals surface area (Å²) in [6, 6.07) is 19.1. The molecule has 2 atom stereocenters. The number of aliphatic carboxylic acids is 1. The van der Waals surface area contributed by atoms with E-state index in [9.17, 15) is 14.7 Å². The van der Waals surface area contributed by atoms with Crippen molar-refractivity contribution in [2.75, 3.05) is 0 Å². The van der Waals surface area contributed by atoms with E-state index in [2.05, 4.69) is 10.3 Å². The van der Waals surface area contributed by atoms with E-state index in [0.29, 0.717) is 22.6 Å². The van der Waals surface area contributed by atoms with Crippen LogP contribution in [-0.2, 0) is 4.79 Å². The summed E-state index contributed by atoms with van der Waals surface area (Å²) in [7, 11) is 0. The summed E-state index contributed by atoms with van der Waals surface area (Å²) in [6.07, 6.45) is 0.908. The smallest absolute Gasteiger partial charge is 0.326 e. The second-order valence-corrected chi connectivity index (χ2v) is 9.34. The normalized spacial score (nSPS) is 13.4. The zero-order valence-electron chi connectivity index (χ0n) is 21.5. The summed E-state index contributed by atoms with van der Waals surface area (Å²) < 4.78 is 5.82. The van der Waals surface area contributed by atoms with Crippen molar-refractivity contribution >= 4 is 34.4 Å². The van der Waals surface area contributed by atoms with Crippen LogP contribution in [0.2, 0.25) is 0 Å². The lowest BCUT2D eigenvalue weighted by molar-refractivity contribution is -0.139. The number of nitrogens with zero attached hydrogens (tertiary/aromatic N) is 2. The highest BCUT2D eigenvalue weighted by atomic mass is 16.4. The number of amides is 1. The minimum Gasteiger partial charge on any atom is -0.480 e. The Hall–Kier alpha value is -4.26. The number of aliphatic imine (C=N–C) groups is 1. The van der Waals surface area contributed by atoms with Gasteiger partial charge in [-0.2, -0.15) is 0 Å². The standard InChI is InChI=1S/C30H31N3O4/c1-5-19(3)25(31-23-14-13-18(2)15-20(23)4)17-26(30(35)36)32-28(34)21-9-8-10-22(16-21)29-33-24-11-6-7-12-27(24)37-29/h6-16,19,26H,5,17H2,1-4H3,(H,32,34)(H,35,36). The molecule has 0 aliphatic carbocycles. The molecule has 0 spiro atoms. The number of carboxylic acid groups (broad SMARTS) is 1. The topological polar surface area (TPSA) is 105 Å². The van der Waals surface area contributed by atoms with Crippen molar-refractivity contribution in [1.29, 1.82) is 0 Å². The van der Waals surface area contributed by atoms with Gasteiger partial charge in [0.25, 0.3) is 5.91 Å². The Kier molecular flexibility index (Phi) is 7.82. The maximum atomic E-state index is 13.1. The van der Waals surface area contributed by atoms with Gasteiger partial charge in [-0.25, -0.2) is 9.78 Å². The van der Waals surface area contributed by atoms with E-state index < -0.39 is 17.9 Å². The highest BCUT2D eigenvalue weighted by Gasteiger charge is 2.25. The van der Waals surface area contributed by atoms with Crippen LogP contribution in [0.15, 0.2) is 76.1 Å². The number of hydrogen-bond donors (Lipinski definition) is 2. The first-order valence-corrected chi connectivity index (χ1v) is 12.4. The van der Waals surface area contributed by atoms with Crippen molar-refractivity contribution in [3.05, 3.63) is 83.4 Å². The van der Waals surface area contributed by atoms with Gasteiger partial charge in [-0.3, -0.25) is 9.79 Å². The lowest BCUT2D eigenvalue weighted by Gasteiger charge is -2.20. The quantitative estimate of drug-likeness (QED) is 0.257. The molecule has 1 heterocycles. The molecule has 0 saturated heterocycles. The van der Waals surface area contributed by atoms with Crippen LogP contribution in [0.3, 0.4) is 0 Å². The Labute approximate surface area is 216 Å². The molecule has 2 N–H and O–H groups in total. The van der Waals surface area contributed by atoms with Gasteiger partial charge in [-0.05, 0) is 68.1 Å². The van der Waals surface area contributed by atoms with E-state index >= 15 is 0 Å². The molecular formula is C30H31N3O4. The third kappa shape index (κ3) is 6.12. The van der Waals surface area contributed by atoms with Gasteiger partial charge in [-0.1, -0.05) is 49.7 Å². The van der Waals surface area contributed by atoms with Crippen molar-refractivity contribution in [2.45, 2.75) is 46.6 Å². The Morgan fingerprint density at radius 1 is 1.05 bits per heavy atom. The molecule has 0 aliphatic rings. The fraction of sp³-hybridized carbons (Fsp3) is 0.267. The number of rotatable bonds is 9. The molecule has 37 heavy (non-hydrogen) atoms. The summed E-state index contributed by atoms with van der Waals surface area (Å²) in [5.41, 5.74) is 6.03. The van der Waals surface area contributed by atoms with Crippen LogP contribution in [-0.4, -0.2) is 33.7 Å². The molecule has 0 aliphatic heterocycles. The Balaban J connectivity index is 1.57. The van der Waals surface area contributed by atoms with Crippen molar-refractivity contribution < 1.29 is 19.1 Å². The van der Waals surface area contributed by atoms with Crippen molar-refractivity contribution in [1.82, 2.24) is 10.3 Å². The number of carboxylic acids is 1. The molecule has 7 nitrogen and oxygen atoms in total. The van der Waals surface area contributed by atoms with Gasteiger partial charge in [-0.15, -0.1) is 0 Å². The third-order valence-electron chi connectivity index (χ3n) is 6.48. The van der Waals surface area contributed by atoms with E-state index in [0.717, 1.165) is 34.5 Å². The van der Waals surface area contributed by atoms with Crippen molar-refractivity contribution in [3.63, 3.8) is 0 Å². The average Bonchev–Trinajstić information content (AvgIpc) is 3.33. The molecule has 3 aromatic carbocycles. The molecule has 2 unspecified atom stereocenters. The maximum Gasteiger partial charge on any atom is 0.326 e. The second kappa shape index (κ2) is 11.2. The van der Waals surface area contributed by atoms with Gasteiger partial charge < -0.3 is 14.8 Å². The van der Waals surface area contributed by atoms with Crippen LogP contribution in [0.1, 0.15) is 48.2 Å². The number of aromatic nitrogens is 1. The average molecular weight is 498 g/mol. The summed E-state index contributed by atoms with van der Waals surface area (Å²) >= 11 is 0. The number of carbonyl (C=O) groups is 2. The van der Waals surface area contributed by atoms with E-state index in [-0.39, 0.29) is 12.3 Å². The highest BCUT2D eigenvalue weighted by molar-refractivity contribution is 5.99. The number of aryl methyl sites for hydroxylation is 2. The number of para-hydroxylation sites is 2. The molecule has 1 aromatic heterocycles. The molecule has 0 fully saturated rings. The van der Waals surface area contributed by atoms with Crippen molar-refractivity contribution in [2.24, 2.45) is 10.9 Å². The third-order valence-corrected chi connectivity index (χ3v) is 6.48. The summed E-state index contributed by atoms with van der Waals surface area (Å²) in [6.45, 7) is 8.06. The SMILES string of the molecule is CCC(C)C(CC(NC(=O)c1cccc(-c2nc3ccccc3o2)c1)C(=O)O)=Nc1ccc(C)cc1C. The van der Waals surface area contributed by atoms with Crippen LogP contribution >= 0.6 is 0 Å². The second-order valence-electron chi connectivity index (χ2n) is 9.34. The largest absolute Gasteiger partial charge is 0.480 e. The zero-order valence-corrected chi connectivity index (χ0v) is 21.5. The number of fused-ring (bicyclic) bond motifs is 1. The molecule has 1 amide bonds. The van der Waals surface area contributed by atoms with Crippen LogP contribution in [0.4, 0.5) is 5.69 Å². The predicted molar refractivity (Wildman–Crippen MR) is 145 cm³/mol. The minimum absolute atomic E-state index is 0.0574. The number of nitrogens with one attached hydrogen (secondary N) is 1. The van der Waals surface area contributed by atoms with Crippen LogP contribution in [0, 0.1) is 19.8 Å². The Morgan fingerprint density at radius 2 is 1.84 bits per heavy atom. The van der Waals surface area contributed by atoms with Gasteiger partial charge in [0.15, 0.2) is 5.58 Å². The van der Waals surface area contributed by atoms with Gasteiger partial charge in [0, 0.05) is 23.3 Å². The van der Waals surface area contributed by atoms with Gasteiger partial charge in [0.05, 0.1) is 5.69 Å². The number of benzene rings is 3. The molecule has 0 radical (unpaired) electrons. The van der Waals surface area contributed by atoms with Crippen molar-refractivity contribution in [3.8, 4) is 11.5 Å². The number of hydrogen-bond acceptors (Lipinski definition) is 5. The summed E-state index contributed by atoms with van der Waals surface area (Å²) in [5.74, 6) is -1.15. The molecule has 0 bridgehead atoms. The first kappa shape index (κ1) is 25.8. The van der Waals surface area contributed by atoms with Crippen LogP contribution in [0.25, 0.3) is 22.6 Å². The first-order chi connectivity index (χ1) is 17.7. The molecule has 0 saturated carbocycles. The highest BCUT2D eigenvalue weighted by Crippen LogP contribution is 2.25. The minimum atomic E-state index is -1.13. The van der Waals surface area contributed by atoms with Gasteiger partial charge >= 0.3 is 5.97 Å². The van der Waals surface area contributed by atoms with Gasteiger partial charge in [0.1, 0.15) is 11.6 Å². The van der Waals surface area contributed by atoms with Crippen LogP contribution < -0.4 is 5.32 Å². The zero-order chi connectivity index (χ0) is 26.5. The fourth-order valence-electron chi connectivity index (χ4n) is 4.12. The van der Waals surface area contributed by atoms with E-state index in [1.54, 1.807) is 24.3 Å². The molecule has 4 rings (SSSR count). The van der Waals surface area contributed by atoms with Crippen LogP contribution in [0.5, 0.6) is 0 Å². The number of oxazole rings is 1. The van der Waals surface area contributed by atoms with E-state index in [1.165, 1.54) is 0 Å². The van der Waals surface area contributed by atoms with E-state index in [1.807, 2.05) is 70.2 Å². The summed E-state index contributed by atoms with van der Waals surface area (Å²) in [4.78, 5) is 34.6. The predicted octanol–water partition coefficient (Wildman–Crippen LogP) is 6.50.